The van der Waals surface area contributed by atoms with Crippen LogP contribution in [0.15, 0.2) is 36.7 Å². The van der Waals surface area contributed by atoms with Crippen LogP contribution in [0.3, 0.4) is 0 Å². The highest BCUT2D eigenvalue weighted by Crippen LogP contribution is 2.33. The zero-order valence-corrected chi connectivity index (χ0v) is 11.6. The maximum absolute atomic E-state index is 12.6. The molecule has 1 aromatic carbocycles. The highest BCUT2D eigenvalue weighted by Gasteiger charge is 2.31. The van der Waals surface area contributed by atoms with E-state index < -0.39 is 24.3 Å². The van der Waals surface area contributed by atoms with Gasteiger partial charge in [0, 0.05) is 12.4 Å². The second kappa shape index (κ2) is 6.61. The molecule has 0 saturated carbocycles. The van der Waals surface area contributed by atoms with Crippen LogP contribution < -0.4 is 10.1 Å². The van der Waals surface area contributed by atoms with Crippen LogP contribution in [0.25, 0.3) is 0 Å². The summed E-state index contributed by atoms with van der Waals surface area (Å²) in [5.41, 5.74) is -1.07. The third-order valence-corrected chi connectivity index (χ3v) is 2.77. The van der Waals surface area contributed by atoms with E-state index in [-0.39, 0.29) is 16.7 Å². The zero-order chi connectivity index (χ0) is 16.2. The first-order valence-corrected chi connectivity index (χ1v) is 6.30. The molecule has 5 nitrogen and oxygen atoms in total. The van der Waals surface area contributed by atoms with Crippen molar-refractivity contribution in [2.24, 2.45) is 0 Å². The molecule has 0 aliphatic carbocycles. The van der Waals surface area contributed by atoms with E-state index in [2.05, 4.69) is 15.3 Å². The molecule has 0 aliphatic rings. The summed E-state index contributed by atoms with van der Waals surface area (Å²) in [4.78, 5) is 19.1. The van der Waals surface area contributed by atoms with E-state index >= 15 is 0 Å². The van der Waals surface area contributed by atoms with Crippen LogP contribution in [0.1, 0.15) is 5.56 Å². The summed E-state index contributed by atoms with van der Waals surface area (Å²) in [6.45, 7) is -0.462. The molecule has 1 N–H and O–H groups in total. The number of hydrogen-bond acceptors (Lipinski definition) is 4. The summed E-state index contributed by atoms with van der Waals surface area (Å²) in [5.74, 6) is -0.686. The monoisotopic (exact) mass is 331 g/mol. The van der Waals surface area contributed by atoms with E-state index in [1.807, 2.05) is 0 Å². The Bertz CT molecular complexity index is 665. The van der Waals surface area contributed by atoms with Gasteiger partial charge in [-0.15, -0.1) is 0 Å². The van der Waals surface area contributed by atoms with Crippen molar-refractivity contribution in [2.45, 2.75) is 6.18 Å². The molecule has 0 atom stereocenters. The topological polar surface area (TPSA) is 64.1 Å². The molecule has 116 valence electrons. The van der Waals surface area contributed by atoms with Gasteiger partial charge in [-0.3, -0.25) is 4.79 Å². The lowest BCUT2D eigenvalue weighted by molar-refractivity contribution is -0.137. The van der Waals surface area contributed by atoms with Gasteiger partial charge in [0.05, 0.1) is 16.3 Å². The Balaban J connectivity index is 2.02. The minimum absolute atomic E-state index is 0.0164. The lowest BCUT2D eigenvalue weighted by atomic mass is 10.2. The number of rotatable bonds is 4. The van der Waals surface area contributed by atoms with E-state index in [1.165, 1.54) is 12.4 Å². The van der Waals surface area contributed by atoms with E-state index in [1.54, 1.807) is 6.07 Å². The van der Waals surface area contributed by atoms with Crippen molar-refractivity contribution in [1.29, 1.82) is 0 Å². The molecule has 2 rings (SSSR count). The van der Waals surface area contributed by atoms with Crippen molar-refractivity contribution in [3.8, 4) is 6.01 Å². The molecule has 9 heteroatoms. The molecule has 1 amide bonds. The number of alkyl halides is 3. The standard InChI is InChI=1S/C13H9ClF3N3O2/c14-9-3-2-8(13(15,16)17)6-10(9)20-11(21)7-22-12-18-4-1-5-19-12/h1-6H,7H2,(H,20,21). The van der Waals surface area contributed by atoms with Gasteiger partial charge in [0.2, 0.25) is 0 Å². The lowest BCUT2D eigenvalue weighted by Gasteiger charge is -2.11. The first-order valence-electron chi connectivity index (χ1n) is 5.92. The minimum atomic E-state index is -4.53. The summed E-state index contributed by atoms with van der Waals surface area (Å²) in [5, 5.41) is 2.23. The third-order valence-electron chi connectivity index (χ3n) is 2.44. The molecule has 22 heavy (non-hydrogen) atoms. The SMILES string of the molecule is O=C(COc1ncccn1)Nc1cc(C(F)(F)F)ccc1Cl. The molecule has 2 aromatic rings. The van der Waals surface area contributed by atoms with E-state index in [0.717, 1.165) is 18.2 Å². The van der Waals surface area contributed by atoms with Crippen molar-refractivity contribution in [1.82, 2.24) is 9.97 Å². The van der Waals surface area contributed by atoms with E-state index in [0.29, 0.717) is 0 Å². The Labute approximate surface area is 128 Å². The summed E-state index contributed by atoms with van der Waals surface area (Å²) >= 11 is 5.76. The lowest BCUT2D eigenvalue weighted by Crippen LogP contribution is -2.21. The molecule has 1 heterocycles. The number of carbonyl (C=O) groups is 1. The zero-order valence-electron chi connectivity index (χ0n) is 10.9. The van der Waals surface area contributed by atoms with Gasteiger partial charge < -0.3 is 10.1 Å². The highest BCUT2D eigenvalue weighted by molar-refractivity contribution is 6.33. The first-order chi connectivity index (χ1) is 10.4. The molecule has 0 bridgehead atoms. The molecular weight excluding hydrogens is 323 g/mol. The van der Waals surface area contributed by atoms with Crippen LogP contribution in [0, 0.1) is 0 Å². The second-order valence-electron chi connectivity index (χ2n) is 4.06. The fraction of sp³-hybridized carbons (Fsp3) is 0.154. The first kappa shape index (κ1) is 16.0. The number of ether oxygens (including phenoxy) is 1. The summed E-state index contributed by atoms with van der Waals surface area (Å²) in [7, 11) is 0. The van der Waals surface area contributed by atoms with Gasteiger partial charge in [-0.2, -0.15) is 13.2 Å². The molecule has 0 spiro atoms. The van der Waals surface area contributed by atoms with Crippen molar-refractivity contribution in [2.75, 3.05) is 11.9 Å². The fourth-order valence-corrected chi connectivity index (χ4v) is 1.64. The maximum atomic E-state index is 12.6. The van der Waals surface area contributed by atoms with Gasteiger partial charge in [0.25, 0.3) is 5.91 Å². The third kappa shape index (κ3) is 4.32. The van der Waals surface area contributed by atoms with Crippen LogP contribution in [-0.4, -0.2) is 22.5 Å². The number of carbonyl (C=O) groups excluding carboxylic acids is 1. The summed E-state index contributed by atoms with van der Waals surface area (Å²) in [6, 6.07) is 4.18. The van der Waals surface area contributed by atoms with Gasteiger partial charge in [0.1, 0.15) is 0 Å². The Morgan fingerprint density at radius 2 is 1.95 bits per heavy atom. The summed E-state index contributed by atoms with van der Waals surface area (Å²) < 4.78 is 42.8. The molecule has 0 aliphatic heterocycles. The average molecular weight is 332 g/mol. The van der Waals surface area contributed by atoms with Gasteiger partial charge in [-0.1, -0.05) is 11.6 Å². The normalized spacial score (nSPS) is 11.1. The van der Waals surface area contributed by atoms with E-state index in [4.69, 9.17) is 16.3 Å². The van der Waals surface area contributed by atoms with Crippen molar-refractivity contribution >= 4 is 23.2 Å². The van der Waals surface area contributed by atoms with Crippen LogP contribution in [0.2, 0.25) is 5.02 Å². The number of hydrogen-bond donors (Lipinski definition) is 1. The molecule has 0 saturated heterocycles. The van der Waals surface area contributed by atoms with Gasteiger partial charge in [-0.25, -0.2) is 9.97 Å². The number of amides is 1. The quantitative estimate of drug-likeness (QED) is 0.934. The number of halogens is 4. The minimum Gasteiger partial charge on any atom is -0.453 e. The molecule has 0 unspecified atom stereocenters. The molecule has 0 fully saturated rings. The smallest absolute Gasteiger partial charge is 0.416 e. The number of nitrogens with one attached hydrogen (secondary N) is 1. The Morgan fingerprint density at radius 3 is 2.59 bits per heavy atom. The highest BCUT2D eigenvalue weighted by atomic mass is 35.5. The van der Waals surface area contributed by atoms with Crippen LogP contribution in [0.4, 0.5) is 18.9 Å². The maximum Gasteiger partial charge on any atom is 0.416 e. The van der Waals surface area contributed by atoms with Crippen molar-refractivity contribution in [3.05, 3.63) is 47.2 Å². The fourth-order valence-electron chi connectivity index (χ4n) is 1.47. The number of aromatic nitrogens is 2. The van der Waals surface area contributed by atoms with E-state index in [9.17, 15) is 18.0 Å². The molecule has 1 aromatic heterocycles. The number of anilines is 1. The van der Waals surface area contributed by atoms with Gasteiger partial charge in [-0.05, 0) is 24.3 Å². The van der Waals surface area contributed by atoms with Crippen molar-refractivity contribution in [3.63, 3.8) is 0 Å². The second-order valence-corrected chi connectivity index (χ2v) is 4.47. The van der Waals surface area contributed by atoms with Crippen molar-refractivity contribution < 1.29 is 22.7 Å². The van der Waals surface area contributed by atoms with Crippen LogP contribution in [0.5, 0.6) is 6.01 Å². The number of benzene rings is 1. The molecule has 0 radical (unpaired) electrons. The van der Waals surface area contributed by atoms with Crippen LogP contribution >= 0.6 is 11.6 Å². The Hall–Kier alpha value is -2.35. The average Bonchev–Trinajstić information content (AvgIpc) is 2.47. The van der Waals surface area contributed by atoms with Crippen LogP contribution in [-0.2, 0) is 11.0 Å². The summed E-state index contributed by atoms with van der Waals surface area (Å²) in [6.07, 6.45) is -1.69. The largest absolute Gasteiger partial charge is 0.453 e. The predicted octanol–water partition coefficient (Wildman–Crippen LogP) is 3.17. The van der Waals surface area contributed by atoms with Gasteiger partial charge in [0.15, 0.2) is 6.61 Å². The predicted molar refractivity (Wildman–Crippen MR) is 72.6 cm³/mol. The van der Waals surface area contributed by atoms with Gasteiger partial charge >= 0.3 is 12.2 Å². The Kier molecular flexibility index (Phi) is 4.81. The molecular formula is C13H9ClF3N3O2. The Morgan fingerprint density at radius 1 is 1.27 bits per heavy atom. The number of nitrogens with zero attached hydrogens (tertiary/aromatic N) is 2.